The largest absolute Gasteiger partial charge is 0.329 e. The Labute approximate surface area is 117 Å². The van der Waals surface area contributed by atoms with Gasteiger partial charge in [0.05, 0.1) is 0 Å². The Balaban J connectivity index is 2.18. The summed E-state index contributed by atoms with van der Waals surface area (Å²) in [5, 5.41) is 0. The van der Waals surface area contributed by atoms with Gasteiger partial charge in [-0.2, -0.15) is 0 Å². The van der Waals surface area contributed by atoms with Gasteiger partial charge in [0.2, 0.25) is 0 Å². The zero-order chi connectivity index (χ0) is 14.1. The van der Waals surface area contributed by atoms with Crippen molar-refractivity contribution in [3.63, 3.8) is 0 Å². The van der Waals surface area contributed by atoms with Gasteiger partial charge in [-0.25, -0.2) is 0 Å². The van der Waals surface area contributed by atoms with Crippen molar-refractivity contribution < 1.29 is 0 Å². The molecule has 0 bridgehead atoms. The Hall–Kier alpha value is -0.930. The number of likely N-dealkylation sites (N-methyl/N-ethyl adjacent to an activating group) is 1. The topological polar surface area (TPSA) is 42.1 Å². The summed E-state index contributed by atoms with van der Waals surface area (Å²) < 4.78 is 0. The van der Waals surface area contributed by atoms with Crippen LogP contribution in [0.25, 0.3) is 0 Å². The van der Waals surface area contributed by atoms with E-state index in [4.69, 9.17) is 5.73 Å². The van der Waals surface area contributed by atoms with Crippen molar-refractivity contribution >= 4 is 0 Å². The minimum absolute atomic E-state index is 0.132. The molecule has 1 aromatic heterocycles. The predicted octanol–water partition coefficient (Wildman–Crippen LogP) is 2.67. The van der Waals surface area contributed by atoms with Gasteiger partial charge in [-0.1, -0.05) is 20.8 Å². The average molecular weight is 261 g/mol. The van der Waals surface area contributed by atoms with Crippen molar-refractivity contribution in [3.05, 3.63) is 30.1 Å². The molecule has 1 aliphatic carbocycles. The van der Waals surface area contributed by atoms with Crippen LogP contribution in [0.5, 0.6) is 0 Å². The van der Waals surface area contributed by atoms with E-state index in [1.54, 1.807) is 0 Å². The lowest BCUT2D eigenvalue weighted by atomic mass is 9.84. The highest BCUT2D eigenvalue weighted by Gasteiger charge is 2.49. The Kier molecular flexibility index (Phi) is 3.98. The maximum Gasteiger partial charge on any atom is 0.0362 e. The quantitative estimate of drug-likeness (QED) is 0.906. The molecule has 0 saturated heterocycles. The SMILES string of the molecule is CC1CC(C)(C)CC1(CN)N(C)Cc1ccncc1. The summed E-state index contributed by atoms with van der Waals surface area (Å²) >= 11 is 0. The number of aromatic nitrogens is 1. The molecule has 1 aromatic rings. The van der Waals surface area contributed by atoms with Gasteiger partial charge in [0.25, 0.3) is 0 Å². The molecule has 3 heteroatoms. The minimum Gasteiger partial charge on any atom is -0.329 e. The first-order chi connectivity index (χ1) is 8.89. The monoisotopic (exact) mass is 261 g/mol. The summed E-state index contributed by atoms with van der Waals surface area (Å²) in [6.45, 7) is 8.76. The summed E-state index contributed by atoms with van der Waals surface area (Å²) in [5.74, 6) is 0.638. The number of nitrogens with zero attached hydrogens (tertiary/aromatic N) is 2. The molecule has 2 unspecified atom stereocenters. The van der Waals surface area contributed by atoms with Crippen molar-refractivity contribution in [2.75, 3.05) is 13.6 Å². The maximum absolute atomic E-state index is 6.18. The van der Waals surface area contributed by atoms with Crippen LogP contribution in [0.15, 0.2) is 24.5 Å². The van der Waals surface area contributed by atoms with Gasteiger partial charge in [0.15, 0.2) is 0 Å². The molecule has 19 heavy (non-hydrogen) atoms. The normalized spacial score (nSPS) is 29.9. The molecule has 1 aliphatic rings. The van der Waals surface area contributed by atoms with E-state index in [1.807, 2.05) is 12.4 Å². The highest BCUT2D eigenvalue weighted by atomic mass is 15.2. The first-order valence-corrected chi connectivity index (χ1v) is 7.20. The predicted molar refractivity (Wildman–Crippen MR) is 79.7 cm³/mol. The number of hydrogen-bond donors (Lipinski definition) is 1. The molecule has 0 aliphatic heterocycles. The van der Waals surface area contributed by atoms with Crippen LogP contribution in [-0.2, 0) is 6.54 Å². The first kappa shape index (κ1) is 14.5. The highest BCUT2D eigenvalue weighted by molar-refractivity contribution is 5.12. The fourth-order valence-electron chi connectivity index (χ4n) is 3.95. The standard InChI is InChI=1S/C16H27N3/c1-13-9-15(2,3)11-16(13,12-17)19(4)10-14-5-7-18-8-6-14/h5-8,13H,9-12,17H2,1-4H3. The van der Waals surface area contributed by atoms with Crippen LogP contribution in [0.1, 0.15) is 39.2 Å². The second-order valence-corrected chi connectivity index (χ2v) is 6.97. The van der Waals surface area contributed by atoms with Gasteiger partial charge >= 0.3 is 0 Å². The third kappa shape index (κ3) is 2.82. The maximum atomic E-state index is 6.18. The fourth-order valence-corrected chi connectivity index (χ4v) is 3.95. The molecular weight excluding hydrogens is 234 g/mol. The third-order valence-corrected chi connectivity index (χ3v) is 4.84. The molecule has 0 radical (unpaired) electrons. The molecule has 2 atom stereocenters. The molecule has 0 amide bonds. The fraction of sp³-hybridized carbons (Fsp3) is 0.688. The lowest BCUT2D eigenvalue weighted by Gasteiger charge is -2.42. The first-order valence-electron chi connectivity index (χ1n) is 7.20. The van der Waals surface area contributed by atoms with Crippen LogP contribution in [-0.4, -0.2) is 29.0 Å². The molecular formula is C16H27N3. The van der Waals surface area contributed by atoms with Gasteiger partial charge in [0.1, 0.15) is 0 Å². The van der Waals surface area contributed by atoms with E-state index in [1.165, 1.54) is 18.4 Å². The molecule has 1 heterocycles. The van der Waals surface area contributed by atoms with Gasteiger partial charge in [-0.15, -0.1) is 0 Å². The second-order valence-electron chi connectivity index (χ2n) is 6.97. The number of nitrogens with two attached hydrogens (primary N) is 1. The zero-order valence-electron chi connectivity index (χ0n) is 12.7. The van der Waals surface area contributed by atoms with E-state index in [0.29, 0.717) is 11.3 Å². The van der Waals surface area contributed by atoms with Crippen LogP contribution >= 0.6 is 0 Å². The van der Waals surface area contributed by atoms with Crippen LogP contribution in [0.4, 0.5) is 0 Å². The number of pyridine rings is 1. The van der Waals surface area contributed by atoms with Gasteiger partial charge in [0, 0.05) is 31.0 Å². The average Bonchev–Trinajstić information content (AvgIpc) is 2.61. The number of hydrogen-bond acceptors (Lipinski definition) is 3. The Morgan fingerprint density at radius 3 is 2.47 bits per heavy atom. The van der Waals surface area contributed by atoms with Crippen LogP contribution in [0, 0.1) is 11.3 Å². The third-order valence-electron chi connectivity index (χ3n) is 4.84. The van der Waals surface area contributed by atoms with Gasteiger partial charge in [-0.05, 0) is 48.9 Å². The molecule has 2 N–H and O–H groups in total. The molecule has 1 fully saturated rings. The molecule has 106 valence electrons. The molecule has 2 rings (SSSR count). The van der Waals surface area contributed by atoms with Crippen LogP contribution < -0.4 is 5.73 Å². The molecule has 0 spiro atoms. The molecule has 1 saturated carbocycles. The summed E-state index contributed by atoms with van der Waals surface area (Å²) in [4.78, 5) is 6.54. The summed E-state index contributed by atoms with van der Waals surface area (Å²) in [6.07, 6.45) is 6.16. The lowest BCUT2D eigenvalue weighted by Crippen LogP contribution is -2.54. The minimum atomic E-state index is 0.132. The van der Waals surface area contributed by atoms with E-state index in [9.17, 15) is 0 Å². The highest BCUT2D eigenvalue weighted by Crippen LogP contribution is 2.49. The molecule has 3 nitrogen and oxygen atoms in total. The zero-order valence-corrected chi connectivity index (χ0v) is 12.7. The van der Waals surface area contributed by atoms with E-state index >= 15 is 0 Å². The van der Waals surface area contributed by atoms with Crippen molar-refractivity contribution in [1.82, 2.24) is 9.88 Å². The van der Waals surface area contributed by atoms with Crippen LogP contribution in [0.3, 0.4) is 0 Å². The van der Waals surface area contributed by atoms with E-state index < -0.39 is 0 Å². The second kappa shape index (κ2) is 5.22. The Morgan fingerprint density at radius 1 is 1.37 bits per heavy atom. The lowest BCUT2D eigenvalue weighted by molar-refractivity contribution is 0.0786. The Morgan fingerprint density at radius 2 is 2.00 bits per heavy atom. The van der Waals surface area contributed by atoms with Gasteiger partial charge < -0.3 is 5.73 Å². The van der Waals surface area contributed by atoms with Crippen molar-refractivity contribution in [2.24, 2.45) is 17.1 Å². The van der Waals surface area contributed by atoms with Crippen LogP contribution in [0.2, 0.25) is 0 Å². The summed E-state index contributed by atoms with van der Waals surface area (Å²) in [7, 11) is 2.21. The van der Waals surface area contributed by atoms with E-state index in [2.05, 4.69) is 49.8 Å². The number of rotatable bonds is 4. The van der Waals surface area contributed by atoms with Crippen molar-refractivity contribution in [1.29, 1.82) is 0 Å². The summed E-state index contributed by atoms with van der Waals surface area (Å²) in [5.41, 5.74) is 8.01. The van der Waals surface area contributed by atoms with Gasteiger partial charge in [-0.3, -0.25) is 9.88 Å². The smallest absolute Gasteiger partial charge is 0.0362 e. The van der Waals surface area contributed by atoms with Crippen molar-refractivity contribution in [2.45, 2.75) is 45.7 Å². The summed E-state index contributed by atoms with van der Waals surface area (Å²) in [6, 6.07) is 4.18. The van der Waals surface area contributed by atoms with E-state index in [-0.39, 0.29) is 5.54 Å². The molecule has 0 aromatic carbocycles. The van der Waals surface area contributed by atoms with Crippen molar-refractivity contribution in [3.8, 4) is 0 Å². The van der Waals surface area contributed by atoms with E-state index in [0.717, 1.165) is 13.1 Å². The Bertz CT molecular complexity index is 415.